The fraction of sp³-hybridized carbons (Fsp3) is 0. The van der Waals surface area contributed by atoms with E-state index in [2.05, 4.69) is 5.10 Å². The molecule has 0 fully saturated rings. The van der Waals surface area contributed by atoms with Crippen molar-refractivity contribution in [3.8, 4) is 17.6 Å². The van der Waals surface area contributed by atoms with Crippen molar-refractivity contribution in [2.75, 3.05) is 5.73 Å². The van der Waals surface area contributed by atoms with Crippen LogP contribution in [0.25, 0.3) is 5.69 Å². The zero-order valence-electron chi connectivity index (χ0n) is 7.75. The normalized spacial score (nSPS) is 9.80. The molecule has 0 aliphatic rings. The van der Waals surface area contributed by atoms with Crippen molar-refractivity contribution < 1.29 is 5.11 Å². The molecule has 1 aromatic heterocycles. The maximum Gasteiger partial charge on any atom is 0.239 e. The number of hydrogen-bond acceptors (Lipinski definition) is 4. The first-order valence-electron chi connectivity index (χ1n) is 4.27. The van der Waals surface area contributed by atoms with Crippen LogP contribution in [-0.2, 0) is 0 Å². The van der Waals surface area contributed by atoms with E-state index < -0.39 is 0 Å². The number of anilines is 1. The molecule has 0 unspecified atom stereocenters. The standard InChI is InChI=1S/C10H8N4O/c11-6-8-9(12)10(15)14(13-8)7-4-2-1-3-5-7/h1-5,15H,12H2. The maximum atomic E-state index is 9.63. The van der Waals surface area contributed by atoms with E-state index in [1.807, 2.05) is 12.1 Å². The summed E-state index contributed by atoms with van der Waals surface area (Å²) in [5.41, 5.74) is 6.18. The minimum atomic E-state index is -0.210. The summed E-state index contributed by atoms with van der Waals surface area (Å²) < 4.78 is 1.23. The van der Waals surface area contributed by atoms with Crippen molar-refractivity contribution in [1.29, 1.82) is 5.26 Å². The van der Waals surface area contributed by atoms with Gasteiger partial charge in [-0.15, -0.1) is 0 Å². The SMILES string of the molecule is N#Cc1nn(-c2ccccc2)c(O)c1N. The number of rotatable bonds is 1. The zero-order chi connectivity index (χ0) is 10.8. The molecular formula is C10H8N4O. The Morgan fingerprint density at radius 2 is 2.00 bits per heavy atom. The van der Waals surface area contributed by atoms with Crippen LogP contribution >= 0.6 is 0 Å². The fourth-order valence-corrected chi connectivity index (χ4v) is 1.25. The second kappa shape index (κ2) is 3.35. The van der Waals surface area contributed by atoms with Crippen LogP contribution in [0.5, 0.6) is 5.88 Å². The first kappa shape index (κ1) is 9.09. The van der Waals surface area contributed by atoms with Gasteiger partial charge < -0.3 is 10.8 Å². The quantitative estimate of drug-likeness (QED) is 0.719. The molecule has 74 valence electrons. The van der Waals surface area contributed by atoms with E-state index in [0.29, 0.717) is 5.69 Å². The molecule has 0 saturated heterocycles. The molecule has 1 aromatic carbocycles. The van der Waals surface area contributed by atoms with E-state index in [9.17, 15) is 5.11 Å². The molecule has 15 heavy (non-hydrogen) atoms. The van der Waals surface area contributed by atoms with E-state index in [-0.39, 0.29) is 17.3 Å². The minimum Gasteiger partial charge on any atom is -0.492 e. The number of nitriles is 1. The maximum absolute atomic E-state index is 9.63. The summed E-state index contributed by atoms with van der Waals surface area (Å²) >= 11 is 0. The monoisotopic (exact) mass is 200 g/mol. The fourth-order valence-electron chi connectivity index (χ4n) is 1.25. The highest BCUT2D eigenvalue weighted by atomic mass is 16.3. The lowest BCUT2D eigenvalue weighted by Crippen LogP contribution is -1.95. The summed E-state index contributed by atoms with van der Waals surface area (Å²) in [6, 6.07) is 10.8. The van der Waals surface area contributed by atoms with Crippen molar-refractivity contribution in [1.82, 2.24) is 9.78 Å². The Morgan fingerprint density at radius 3 is 2.53 bits per heavy atom. The summed E-state index contributed by atoms with van der Waals surface area (Å²) in [6.07, 6.45) is 0. The van der Waals surface area contributed by atoms with Crippen molar-refractivity contribution in [3.05, 3.63) is 36.0 Å². The number of hydrogen-bond donors (Lipinski definition) is 2. The van der Waals surface area contributed by atoms with E-state index in [0.717, 1.165) is 0 Å². The molecule has 0 aliphatic heterocycles. The van der Waals surface area contributed by atoms with Gasteiger partial charge in [-0.1, -0.05) is 18.2 Å². The Balaban J connectivity index is 2.61. The van der Waals surface area contributed by atoms with Crippen molar-refractivity contribution >= 4 is 5.69 Å². The van der Waals surface area contributed by atoms with Gasteiger partial charge in [0.05, 0.1) is 5.69 Å². The Hall–Kier alpha value is -2.48. The van der Waals surface area contributed by atoms with Crippen LogP contribution in [0.2, 0.25) is 0 Å². The minimum absolute atomic E-state index is 0.00125. The third-order valence-electron chi connectivity index (χ3n) is 2.00. The largest absolute Gasteiger partial charge is 0.492 e. The molecule has 0 radical (unpaired) electrons. The highest BCUT2D eigenvalue weighted by molar-refractivity contribution is 5.59. The Bertz CT molecular complexity index is 524. The number of nitrogens with zero attached hydrogens (tertiary/aromatic N) is 3. The molecule has 2 rings (SSSR count). The first-order valence-corrected chi connectivity index (χ1v) is 4.27. The molecule has 0 amide bonds. The molecule has 3 N–H and O–H groups in total. The molecule has 0 saturated carbocycles. The van der Waals surface area contributed by atoms with Gasteiger partial charge in [0, 0.05) is 0 Å². The Morgan fingerprint density at radius 1 is 1.33 bits per heavy atom. The zero-order valence-corrected chi connectivity index (χ0v) is 7.75. The van der Waals surface area contributed by atoms with E-state index in [4.69, 9.17) is 11.0 Å². The van der Waals surface area contributed by atoms with E-state index >= 15 is 0 Å². The number of nitrogens with two attached hydrogens (primary N) is 1. The predicted molar refractivity (Wildman–Crippen MR) is 54.4 cm³/mol. The number of para-hydroxylation sites is 1. The number of aromatic hydroxyl groups is 1. The summed E-state index contributed by atoms with van der Waals surface area (Å²) in [6.45, 7) is 0. The van der Waals surface area contributed by atoms with Crippen LogP contribution in [0.4, 0.5) is 5.69 Å². The molecule has 5 nitrogen and oxygen atoms in total. The number of benzene rings is 1. The van der Waals surface area contributed by atoms with E-state index in [1.165, 1.54) is 4.68 Å². The molecule has 2 aromatic rings. The van der Waals surface area contributed by atoms with Crippen LogP contribution in [0.1, 0.15) is 5.69 Å². The molecule has 0 atom stereocenters. The highest BCUT2D eigenvalue weighted by Crippen LogP contribution is 2.26. The first-order chi connectivity index (χ1) is 7.24. The lowest BCUT2D eigenvalue weighted by Gasteiger charge is -2.01. The van der Waals surface area contributed by atoms with Gasteiger partial charge in [0.2, 0.25) is 5.88 Å². The molecule has 1 heterocycles. The van der Waals surface area contributed by atoms with Crippen LogP contribution in [0, 0.1) is 11.3 Å². The smallest absolute Gasteiger partial charge is 0.239 e. The highest BCUT2D eigenvalue weighted by Gasteiger charge is 2.14. The van der Waals surface area contributed by atoms with Crippen molar-refractivity contribution in [3.63, 3.8) is 0 Å². The predicted octanol–water partition coefficient (Wildman–Crippen LogP) is 1.03. The van der Waals surface area contributed by atoms with E-state index in [1.54, 1.807) is 24.3 Å². The van der Waals surface area contributed by atoms with Gasteiger partial charge in [-0.2, -0.15) is 15.0 Å². The Kier molecular flexibility index (Phi) is 2.03. The van der Waals surface area contributed by atoms with Gasteiger partial charge in [-0.25, -0.2) is 0 Å². The van der Waals surface area contributed by atoms with Gasteiger partial charge in [-0.3, -0.25) is 0 Å². The molecule has 0 spiro atoms. The van der Waals surface area contributed by atoms with Crippen LogP contribution < -0.4 is 5.73 Å². The van der Waals surface area contributed by atoms with Gasteiger partial charge in [0.25, 0.3) is 0 Å². The molecule has 0 bridgehead atoms. The van der Waals surface area contributed by atoms with Crippen molar-refractivity contribution in [2.45, 2.75) is 0 Å². The second-order valence-corrected chi connectivity index (χ2v) is 2.95. The van der Waals surface area contributed by atoms with Gasteiger partial charge in [0.15, 0.2) is 5.69 Å². The molecule has 0 aliphatic carbocycles. The van der Waals surface area contributed by atoms with Gasteiger partial charge in [0.1, 0.15) is 11.8 Å². The third kappa shape index (κ3) is 1.38. The molecular weight excluding hydrogens is 192 g/mol. The summed E-state index contributed by atoms with van der Waals surface area (Å²) in [5, 5.41) is 22.2. The van der Waals surface area contributed by atoms with Crippen LogP contribution in [0.15, 0.2) is 30.3 Å². The summed E-state index contributed by atoms with van der Waals surface area (Å²) in [5.74, 6) is -0.210. The van der Waals surface area contributed by atoms with Gasteiger partial charge in [-0.05, 0) is 12.1 Å². The summed E-state index contributed by atoms with van der Waals surface area (Å²) in [4.78, 5) is 0. The summed E-state index contributed by atoms with van der Waals surface area (Å²) in [7, 11) is 0. The third-order valence-corrected chi connectivity index (χ3v) is 2.00. The van der Waals surface area contributed by atoms with Crippen LogP contribution in [0.3, 0.4) is 0 Å². The van der Waals surface area contributed by atoms with Crippen LogP contribution in [-0.4, -0.2) is 14.9 Å². The number of aromatic nitrogens is 2. The van der Waals surface area contributed by atoms with Gasteiger partial charge >= 0.3 is 0 Å². The lowest BCUT2D eigenvalue weighted by atomic mass is 10.3. The number of nitrogen functional groups attached to an aromatic ring is 1. The van der Waals surface area contributed by atoms with Crippen molar-refractivity contribution in [2.24, 2.45) is 0 Å². The Labute approximate surface area is 86.0 Å². The average Bonchev–Trinajstić information content (AvgIpc) is 2.57. The topological polar surface area (TPSA) is 87.9 Å². The second-order valence-electron chi connectivity index (χ2n) is 2.95. The lowest BCUT2D eigenvalue weighted by molar-refractivity contribution is 0.436. The average molecular weight is 200 g/mol. The molecule has 5 heteroatoms.